The van der Waals surface area contributed by atoms with E-state index in [1.807, 2.05) is 26.8 Å². The second-order valence-corrected chi connectivity index (χ2v) is 2.89. The van der Waals surface area contributed by atoms with Crippen molar-refractivity contribution in [3.05, 3.63) is 11.6 Å². The third-order valence-electron chi connectivity index (χ3n) is 0.840. The number of allylic oxidation sites excluding steroid dienone is 2. The average Bonchev–Trinajstić information content (AvgIpc) is 1.82. The highest BCUT2D eigenvalue weighted by molar-refractivity contribution is 7.80. The Morgan fingerprint density at radius 2 is 2.00 bits per heavy atom. The third-order valence-corrected chi connectivity index (χ3v) is 0.931. The maximum absolute atomic E-state index is 5.16. The summed E-state index contributed by atoms with van der Waals surface area (Å²) in [5, 5.41) is 4.07. The van der Waals surface area contributed by atoms with Crippen molar-refractivity contribution in [3.63, 3.8) is 0 Å². The number of thiocarbonyl (C=S) groups is 1. The Labute approximate surface area is 72.4 Å². The van der Waals surface area contributed by atoms with Gasteiger partial charge in [-0.15, -0.1) is 0 Å². The molecule has 0 radical (unpaired) electrons. The molecule has 0 saturated carbocycles. The van der Waals surface area contributed by atoms with E-state index in [-0.39, 0.29) is 5.11 Å². The van der Waals surface area contributed by atoms with Gasteiger partial charge in [-0.2, -0.15) is 5.10 Å². The lowest BCUT2D eigenvalue weighted by Crippen LogP contribution is -2.24. The topological polar surface area (TPSA) is 50.4 Å². The Kier molecular flexibility index (Phi) is 4.45. The summed E-state index contributed by atoms with van der Waals surface area (Å²) in [5.74, 6) is 0. The van der Waals surface area contributed by atoms with Crippen LogP contribution in [-0.2, 0) is 0 Å². The third kappa shape index (κ3) is 6.99. The molecule has 4 heteroatoms. The highest BCUT2D eigenvalue weighted by atomic mass is 32.1. The summed E-state index contributed by atoms with van der Waals surface area (Å²) in [7, 11) is 0. The number of nitrogens with zero attached hydrogens (tertiary/aromatic N) is 1. The van der Waals surface area contributed by atoms with E-state index in [1.165, 1.54) is 5.57 Å². The van der Waals surface area contributed by atoms with Gasteiger partial charge in [0.25, 0.3) is 0 Å². The molecule has 62 valence electrons. The molecule has 0 atom stereocenters. The van der Waals surface area contributed by atoms with E-state index < -0.39 is 0 Å². The van der Waals surface area contributed by atoms with E-state index in [9.17, 15) is 0 Å². The molecule has 0 saturated heterocycles. The monoisotopic (exact) mass is 171 g/mol. The highest BCUT2D eigenvalue weighted by Crippen LogP contribution is 1.89. The summed E-state index contributed by atoms with van der Waals surface area (Å²) < 4.78 is 0. The van der Waals surface area contributed by atoms with Crippen molar-refractivity contribution in [1.29, 1.82) is 0 Å². The molecule has 0 spiro atoms. The van der Waals surface area contributed by atoms with Crippen LogP contribution < -0.4 is 11.2 Å². The van der Waals surface area contributed by atoms with Crippen molar-refractivity contribution in [3.8, 4) is 0 Å². The molecule has 0 aliphatic heterocycles. The van der Waals surface area contributed by atoms with E-state index in [4.69, 9.17) is 5.73 Å². The zero-order chi connectivity index (χ0) is 8.85. The Hall–Kier alpha value is -0.900. The summed E-state index contributed by atoms with van der Waals surface area (Å²) in [6.07, 6.45) is 1.94. The van der Waals surface area contributed by atoms with Gasteiger partial charge in [0.05, 0.1) is 5.71 Å². The quantitative estimate of drug-likeness (QED) is 0.372. The SMILES string of the molecule is CC(C)=C/C(C)=N\NC(N)=S. The molecule has 0 amide bonds. The molecule has 0 aromatic rings. The van der Waals surface area contributed by atoms with Gasteiger partial charge in [-0.3, -0.25) is 5.43 Å². The van der Waals surface area contributed by atoms with Crippen molar-refractivity contribution < 1.29 is 0 Å². The first-order valence-electron chi connectivity index (χ1n) is 3.27. The van der Waals surface area contributed by atoms with Crippen LogP contribution in [0.25, 0.3) is 0 Å². The van der Waals surface area contributed by atoms with Gasteiger partial charge in [0.2, 0.25) is 0 Å². The van der Waals surface area contributed by atoms with Crippen molar-refractivity contribution in [2.24, 2.45) is 10.8 Å². The molecule has 11 heavy (non-hydrogen) atoms. The van der Waals surface area contributed by atoms with Gasteiger partial charge >= 0.3 is 0 Å². The molecular formula is C7H13N3S. The molecule has 0 aliphatic rings. The molecule has 0 fully saturated rings. The number of nitrogens with one attached hydrogen (secondary N) is 1. The number of rotatable bonds is 2. The summed E-state index contributed by atoms with van der Waals surface area (Å²) in [4.78, 5) is 0. The van der Waals surface area contributed by atoms with Crippen LogP contribution in [0.5, 0.6) is 0 Å². The van der Waals surface area contributed by atoms with Crippen LogP contribution in [0.3, 0.4) is 0 Å². The Morgan fingerprint density at radius 3 is 2.36 bits per heavy atom. The summed E-state index contributed by atoms with van der Waals surface area (Å²) in [6, 6.07) is 0. The Balaban J connectivity index is 4.02. The Morgan fingerprint density at radius 1 is 1.45 bits per heavy atom. The van der Waals surface area contributed by atoms with Crippen molar-refractivity contribution in [1.82, 2.24) is 5.43 Å². The predicted molar refractivity (Wildman–Crippen MR) is 52.5 cm³/mol. The van der Waals surface area contributed by atoms with Crippen LogP contribution in [0.15, 0.2) is 16.8 Å². The fraction of sp³-hybridized carbons (Fsp3) is 0.429. The minimum Gasteiger partial charge on any atom is -0.375 e. The molecule has 0 aromatic heterocycles. The van der Waals surface area contributed by atoms with Crippen LogP contribution in [-0.4, -0.2) is 10.8 Å². The highest BCUT2D eigenvalue weighted by Gasteiger charge is 1.85. The zero-order valence-corrected chi connectivity index (χ0v) is 7.83. The van der Waals surface area contributed by atoms with Crippen molar-refractivity contribution in [2.75, 3.05) is 0 Å². The molecule has 0 unspecified atom stereocenters. The first-order chi connectivity index (χ1) is 5.02. The minimum atomic E-state index is 0.187. The van der Waals surface area contributed by atoms with Crippen LogP contribution >= 0.6 is 12.2 Å². The summed E-state index contributed by atoms with van der Waals surface area (Å²) in [6.45, 7) is 5.87. The van der Waals surface area contributed by atoms with Gasteiger partial charge < -0.3 is 5.73 Å². The average molecular weight is 171 g/mol. The minimum absolute atomic E-state index is 0.187. The lowest BCUT2D eigenvalue weighted by Gasteiger charge is -1.96. The lowest BCUT2D eigenvalue weighted by molar-refractivity contribution is 1.03. The van der Waals surface area contributed by atoms with E-state index in [0.717, 1.165) is 5.71 Å². The van der Waals surface area contributed by atoms with Crippen molar-refractivity contribution in [2.45, 2.75) is 20.8 Å². The fourth-order valence-corrected chi connectivity index (χ4v) is 0.639. The van der Waals surface area contributed by atoms with E-state index in [1.54, 1.807) is 0 Å². The molecule has 3 nitrogen and oxygen atoms in total. The molecular weight excluding hydrogens is 158 g/mol. The molecule has 0 rings (SSSR count). The predicted octanol–water partition coefficient (Wildman–Crippen LogP) is 1.16. The largest absolute Gasteiger partial charge is 0.375 e. The van der Waals surface area contributed by atoms with Crippen LogP contribution in [0.4, 0.5) is 0 Å². The van der Waals surface area contributed by atoms with E-state index in [0.29, 0.717) is 0 Å². The molecule has 0 bridgehead atoms. The normalized spacial score (nSPS) is 10.6. The number of hydrogen-bond acceptors (Lipinski definition) is 2. The molecule has 3 N–H and O–H groups in total. The molecule has 0 heterocycles. The van der Waals surface area contributed by atoms with Gasteiger partial charge in [0, 0.05) is 0 Å². The van der Waals surface area contributed by atoms with Crippen LogP contribution in [0.1, 0.15) is 20.8 Å². The van der Waals surface area contributed by atoms with Crippen LogP contribution in [0, 0.1) is 0 Å². The van der Waals surface area contributed by atoms with Crippen molar-refractivity contribution >= 4 is 23.0 Å². The van der Waals surface area contributed by atoms with Gasteiger partial charge in [-0.25, -0.2) is 0 Å². The second kappa shape index (κ2) is 4.85. The second-order valence-electron chi connectivity index (χ2n) is 2.45. The zero-order valence-electron chi connectivity index (χ0n) is 7.01. The molecule has 0 aromatic carbocycles. The van der Waals surface area contributed by atoms with Gasteiger partial charge in [-0.05, 0) is 39.1 Å². The number of hydrazone groups is 1. The first kappa shape index (κ1) is 10.1. The number of hydrogen-bond donors (Lipinski definition) is 2. The van der Waals surface area contributed by atoms with Gasteiger partial charge in [-0.1, -0.05) is 5.57 Å². The summed E-state index contributed by atoms with van der Waals surface area (Å²) >= 11 is 4.57. The summed E-state index contributed by atoms with van der Waals surface area (Å²) in [5.41, 5.74) is 9.72. The number of nitrogens with two attached hydrogens (primary N) is 1. The maximum Gasteiger partial charge on any atom is 0.184 e. The first-order valence-corrected chi connectivity index (χ1v) is 3.68. The van der Waals surface area contributed by atoms with Gasteiger partial charge in [0.1, 0.15) is 0 Å². The van der Waals surface area contributed by atoms with E-state index >= 15 is 0 Å². The van der Waals surface area contributed by atoms with E-state index in [2.05, 4.69) is 22.7 Å². The molecule has 0 aliphatic carbocycles. The van der Waals surface area contributed by atoms with Gasteiger partial charge in [0.15, 0.2) is 5.11 Å². The Bertz CT molecular complexity index is 202. The fourth-order valence-electron chi connectivity index (χ4n) is 0.593. The smallest absolute Gasteiger partial charge is 0.184 e. The standard InChI is InChI=1S/C7H13N3S/c1-5(2)4-6(3)9-10-7(8)11/h4H,1-3H3,(H3,8,10,11)/b9-6-. The maximum atomic E-state index is 5.16. The lowest BCUT2D eigenvalue weighted by atomic mass is 10.3. The van der Waals surface area contributed by atoms with Crippen LogP contribution in [0.2, 0.25) is 0 Å².